The van der Waals surface area contributed by atoms with E-state index in [4.69, 9.17) is 11.1 Å². The summed E-state index contributed by atoms with van der Waals surface area (Å²) in [6.07, 6.45) is 6.31. The molecule has 1 fully saturated rings. The summed E-state index contributed by atoms with van der Waals surface area (Å²) in [6.45, 7) is 2.43. The minimum Gasteiger partial charge on any atom is -0.398 e. The first-order chi connectivity index (χ1) is 9.58. The van der Waals surface area contributed by atoms with Crippen molar-refractivity contribution in [2.45, 2.75) is 39.0 Å². The number of anilines is 1. The van der Waals surface area contributed by atoms with Crippen molar-refractivity contribution in [1.82, 2.24) is 5.32 Å². The molecule has 0 spiro atoms. The molecule has 1 amide bonds. The van der Waals surface area contributed by atoms with Crippen LogP contribution in [0.1, 0.15) is 54.9 Å². The summed E-state index contributed by atoms with van der Waals surface area (Å²) in [6, 6.07) is 5.12. The fourth-order valence-electron chi connectivity index (χ4n) is 2.75. The number of nitrogen functional groups attached to an aromatic ring is 1. The zero-order chi connectivity index (χ0) is 14.5. The Balaban J connectivity index is 1.98. The van der Waals surface area contributed by atoms with Crippen LogP contribution in [0.4, 0.5) is 5.69 Å². The van der Waals surface area contributed by atoms with E-state index in [0.717, 1.165) is 6.54 Å². The summed E-state index contributed by atoms with van der Waals surface area (Å²) in [5.74, 6) is 0.545. The molecule has 1 aromatic rings. The molecule has 0 aromatic heterocycles. The molecule has 1 aliphatic carbocycles. The number of rotatable bonds is 4. The number of hydrogen-bond acceptors (Lipinski definition) is 3. The quantitative estimate of drug-likeness (QED) is 0.582. The lowest BCUT2D eigenvalue weighted by atomic mass is 9.89. The molecule has 0 atom stereocenters. The summed E-state index contributed by atoms with van der Waals surface area (Å²) in [5, 5.41) is 10.7. The maximum absolute atomic E-state index is 12.2. The average Bonchev–Trinajstić information content (AvgIpc) is 2.46. The molecular formula is C16H23N3O. The third kappa shape index (κ3) is 3.59. The third-order valence-electron chi connectivity index (χ3n) is 4.00. The van der Waals surface area contributed by atoms with Crippen LogP contribution in [0.5, 0.6) is 0 Å². The van der Waals surface area contributed by atoms with Crippen LogP contribution in [-0.2, 0) is 0 Å². The number of hydrogen-bond donors (Lipinski definition) is 3. The summed E-state index contributed by atoms with van der Waals surface area (Å²) in [4.78, 5) is 12.2. The highest BCUT2D eigenvalue weighted by Gasteiger charge is 2.15. The number of carbonyl (C=O) groups excluding carboxylic acids is 1. The van der Waals surface area contributed by atoms with Crippen LogP contribution < -0.4 is 11.1 Å². The van der Waals surface area contributed by atoms with Crippen molar-refractivity contribution in [2.24, 2.45) is 5.92 Å². The summed E-state index contributed by atoms with van der Waals surface area (Å²) < 4.78 is 0. The maximum atomic E-state index is 12.2. The van der Waals surface area contributed by atoms with Gasteiger partial charge in [-0.25, -0.2) is 0 Å². The lowest BCUT2D eigenvalue weighted by Gasteiger charge is -2.21. The van der Waals surface area contributed by atoms with Gasteiger partial charge in [0.1, 0.15) is 0 Å². The molecule has 4 N–H and O–H groups in total. The van der Waals surface area contributed by atoms with Gasteiger partial charge in [-0.1, -0.05) is 19.3 Å². The molecule has 1 aromatic carbocycles. The van der Waals surface area contributed by atoms with E-state index >= 15 is 0 Å². The molecule has 4 nitrogen and oxygen atoms in total. The van der Waals surface area contributed by atoms with Crippen LogP contribution in [0.25, 0.3) is 0 Å². The Morgan fingerprint density at radius 3 is 2.70 bits per heavy atom. The van der Waals surface area contributed by atoms with Gasteiger partial charge in [0.15, 0.2) is 0 Å². The lowest BCUT2D eigenvalue weighted by molar-refractivity contribution is 0.0943. The van der Waals surface area contributed by atoms with Gasteiger partial charge >= 0.3 is 0 Å². The van der Waals surface area contributed by atoms with Gasteiger partial charge in [-0.3, -0.25) is 4.79 Å². The van der Waals surface area contributed by atoms with Gasteiger partial charge in [0, 0.05) is 29.1 Å². The van der Waals surface area contributed by atoms with Crippen molar-refractivity contribution in [3.8, 4) is 0 Å². The Morgan fingerprint density at radius 1 is 1.35 bits per heavy atom. The van der Waals surface area contributed by atoms with Gasteiger partial charge in [0.25, 0.3) is 5.91 Å². The normalized spacial score (nSPS) is 15.8. The summed E-state index contributed by atoms with van der Waals surface area (Å²) in [7, 11) is 0. The predicted octanol–water partition coefficient (Wildman–Crippen LogP) is 2.97. The molecule has 0 heterocycles. The Hall–Kier alpha value is -1.84. The van der Waals surface area contributed by atoms with Crippen LogP contribution >= 0.6 is 0 Å². The van der Waals surface area contributed by atoms with Crippen LogP contribution in [0, 0.1) is 11.3 Å². The second-order valence-corrected chi connectivity index (χ2v) is 5.64. The predicted molar refractivity (Wildman–Crippen MR) is 82.3 cm³/mol. The SMILES string of the molecule is CC(=N)c1cc(C(=O)NCC2CCCCC2)ccc1N. The molecule has 0 saturated heterocycles. The number of nitrogens with two attached hydrogens (primary N) is 1. The highest BCUT2D eigenvalue weighted by molar-refractivity contribution is 6.04. The van der Waals surface area contributed by atoms with E-state index in [1.807, 2.05) is 0 Å². The number of benzene rings is 1. The Bertz CT molecular complexity index is 504. The Labute approximate surface area is 120 Å². The fourth-order valence-corrected chi connectivity index (χ4v) is 2.75. The molecule has 0 bridgehead atoms. The first-order valence-corrected chi connectivity index (χ1v) is 7.31. The molecule has 1 saturated carbocycles. The van der Waals surface area contributed by atoms with Crippen LogP contribution in [0.15, 0.2) is 18.2 Å². The van der Waals surface area contributed by atoms with E-state index in [0.29, 0.717) is 28.4 Å². The minimum absolute atomic E-state index is 0.0712. The number of amides is 1. The molecule has 4 heteroatoms. The van der Waals surface area contributed by atoms with E-state index in [9.17, 15) is 4.79 Å². The first-order valence-electron chi connectivity index (χ1n) is 7.31. The zero-order valence-electron chi connectivity index (χ0n) is 12.0. The van der Waals surface area contributed by atoms with E-state index in [-0.39, 0.29) is 5.91 Å². The smallest absolute Gasteiger partial charge is 0.251 e. The van der Waals surface area contributed by atoms with E-state index in [2.05, 4.69) is 5.32 Å². The molecule has 0 unspecified atom stereocenters. The summed E-state index contributed by atoms with van der Waals surface area (Å²) in [5.41, 5.74) is 7.95. The van der Waals surface area contributed by atoms with Crippen LogP contribution in [-0.4, -0.2) is 18.2 Å². The van der Waals surface area contributed by atoms with Crippen molar-refractivity contribution in [1.29, 1.82) is 5.41 Å². The fraction of sp³-hybridized carbons (Fsp3) is 0.500. The molecular weight excluding hydrogens is 250 g/mol. The first kappa shape index (κ1) is 14.6. The largest absolute Gasteiger partial charge is 0.398 e. The molecule has 108 valence electrons. The number of nitrogens with one attached hydrogen (secondary N) is 2. The Kier molecular flexibility index (Phi) is 4.77. The van der Waals surface area contributed by atoms with Crippen molar-refractivity contribution < 1.29 is 4.79 Å². The topological polar surface area (TPSA) is 79.0 Å². The van der Waals surface area contributed by atoms with Gasteiger partial charge in [0.05, 0.1) is 0 Å². The van der Waals surface area contributed by atoms with Gasteiger partial charge in [-0.05, 0) is 43.9 Å². The molecule has 20 heavy (non-hydrogen) atoms. The van der Waals surface area contributed by atoms with Crippen molar-refractivity contribution in [2.75, 3.05) is 12.3 Å². The molecule has 2 rings (SSSR count). The molecule has 0 radical (unpaired) electrons. The van der Waals surface area contributed by atoms with E-state index in [1.165, 1.54) is 32.1 Å². The average molecular weight is 273 g/mol. The Morgan fingerprint density at radius 2 is 2.05 bits per heavy atom. The van der Waals surface area contributed by atoms with Crippen molar-refractivity contribution in [3.05, 3.63) is 29.3 Å². The second-order valence-electron chi connectivity index (χ2n) is 5.64. The lowest BCUT2D eigenvalue weighted by Crippen LogP contribution is -2.30. The van der Waals surface area contributed by atoms with Gasteiger partial charge in [-0.2, -0.15) is 0 Å². The minimum atomic E-state index is -0.0712. The maximum Gasteiger partial charge on any atom is 0.251 e. The number of carbonyl (C=O) groups is 1. The van der Waals surface area contributed by atoms with Gasteiger partial charge in [-0.15, -0.1) is 0 Å². The van der Waals surface area contributed by atoms with Crippen molar-refractivity contribution >= 4 is 17.3 Å². The van der Waals surface area contributed by atoms with Crippen molar-refractivity contribution in [3.63, 3.8) is 0 Å². The monoisotopic (exact) mass is 273 g/mol. The van der Waals surface area contributed by atoms with E-state index < -0.39 is 0 Å². The second kappa shape index (κ2) is 6.55. The highest BCUT2D eigenvalue weighted by Crippen LogP contribution is 2.23. The summed E-state index contributed by atoms with van der Waals surface area (Å²) >= 11 is 0. The van der Waals surface area contributed by atoms with E-state index in [1.54, 1.807) is 25.1 Å². The third-order valence-corrected chi connectivity index (χ3v) is 4.00. The zero-order valence-corrected chi connectivity index (χ0v) is 12.0. The molecule has 0 aliphatic heterocycles. The van der Waals surface area contributed by atoms with Crippen LogP contribution in [0.2, 0.25) is 0 Å². The van der Waals surface area contributed by atoms with Gasteiger partial charge < -0.3 is 16.5 Å². The van der Waals surface area contributed by atoms with Crippen LogP contribution in [0.3, 0.4) is 0 Å². The standard InChI is InChI=1S/C16H23N3O/c1-11(17)14-9-13(7-8-15(14)18)16(20)19-10-12-5-3-2-4-6-12/h7-9,12,17H,2-6,10,18H2,1H3,(H,19,20). The molecule has 1 aliphatic rings. The highest BCUT2D eigenvalue weighted by atomic mass is 16.1. The van der Waals surface area contributed by atoms with Gasteiger partial charge in [0.2, 0.25) is 0 Å².